The molecule has 0 bridgehead atoms. The first-order valence-corrected chi connectivity index (χ1v) is 5.99. The number of aliphatic hydroxyl groups excluding tert-OH is 2. The van der Waals surface area contributed by atoms with E-state index in [0.29, 0.717) is 0 Å². The Bertz CT molecular complexity index is 273. The number of carboxylic acids is 1. The van der Waals surface area contributed by atoms with Crippen LogP contribution in [0.1, 0.15) is 26.7 Å². The van der Waals surface area contributed by atoms with Gasteiger partial charge in [-0.15, -0.1) is 0 Å². The third-order valence-corrected chi connectivity index (χ3v) is 2.99. The fourth-order valence-corrected chi connectivity index (χ4v) is 1.62. The standard InChI is InChI=1S/C11H22N2O5/c1-3-11(4-2,9(16)17)12-10(18)13(5-7-14)6-8-15/h14-15H,3-8H2,1-2H3,(H,12,18)(H,16,17). The predicted molar refractivity (Wildman–Crippen MR) is 65.2 cm³/mol. The third kappa shape index (κ3) is 4.15. The second kappa shape index (κ2) is 7.88. The number of hydrogen-bond acceptors (Lipinski definition) is 4. The highest BCUT2D eigenvalue weighted by atomic mass is 16.4. The molecule has 0 aliphatic rings. The molecular formula is C11H22N2O5. The number of hydrogen-bond donors (Lipinski definition) is 4. The fraction of sp³-hybridized carbons (Fsp3) is 0.818. The van der Waals surface area contributed by atoms with Gasteiger partial charge in [-0.1, -0.05) is 13.8 Å². The van der Waals surface area contributed by atoms with Crippen LogP contribution in [0.25, 0.3) is 0 Å². The molecule has 7 heteroatoms. The topological polar surface area (TPSA) is 110 Å². The van der Waals surface area contributed by atoms with Crippen molar-refractivity contribution in [3.63, 3.8) is 0 Å². The molecule has 0 rings (SSSR count). The highest BCUT2D eigenvalue weighted by Gasteiger charge is 2.37. The van der Waals surface area contributed by atoms with Crippen molar-refractivity contribution in [1.29, 1.82) is 0 Å². The van der Waals surface area contributed by atoms with Gasteiger partial charge in [0.25, 0.3) is 0 Å². The Labute approximate surface area is 106 Å². The predicted octanol–water partition coefficient (Wildman–Crippen LogP) is -0.374. The van der Waals surface area contributed by atoms with E-state index in [-0.39, 0.29) is 39.1 Å². The number of carbonyl (C=O) groups excluding carboxylic acids is 1. The molecule has 2 amide bonds. The lowest BCUT2D eigenvalue weighted by Crippen LogP contribution is -2.58. The Morgan fingerprint density at radius 3 is 1.83 bits per heavy atom. The van der Waals surface area contributed by atoms with Crippen LogP contribution in [0.5, 0.6) is 0 Å². The first-order chi connectivity index (χ1) is 8.47. The van der Waals surface area contributed by atoms with Crippen LogP contribution in [0.3, 0.4) is 0 Å². The Morgan fingerprint density at radius 1 is 1.11 bits per heavy atom. The molecule has 0 aromatic heterocycles. The number of aliphatic carboxylic acids is 1. The van der Waals surface area contributed by atoms with Crippen LogP contribution >= 0.6 is 0 Å². The number of nitrogens with zero attached hydrogens (tertiary/aromatic N) is 1. The maximum Gasteiger partial charge on any atom is 0.329 e. The van der Waals surface area contributed by atoms with Crippen LogP contribution in [-0.4, -0.2) is 64.1 Å². The van der Waals surface area contributed by atoms with Gasteiger partial charge in [0.05, 0.1) is 13.2 Å². The Morgan fingerprint density at radius 2 is 1.56 bits per heavy atom. The van der Waals surface area contributed by atoms with Gasteiger partial charge < -0.3 is 25.5 Å². The molecule has 0 aromatic rings. The molecule has 0 aromatic carbocycles. The molecule has 0 aliphatic carbocycles. The van der Waals surface area contributed by atoms with E-state index >= 15 is 0 Å². The minimum atomic E-state index is -1.31. The van der Waals surface area contributed by atoms with E-state index in [0.717, 1.165) is 0 Å². The molecule has 0 aliphatic heterocycles. The molecular weight excluding hydrogens is 240 g/mol. The first-order valence-electron chi connectivity index (χ1n) is 5.99. The lowest BCUT2D eigenvalue weighted by Gasteiger charge is -2.31. The van der Waals surface area contributed by atoms with Gasteiger partial charge >= 0.3 is 12.0 Å². The molecule has 0 radical (unpaired) electrons. The zero-order valence-electron chi connectivity index (χ0n) is 10.8. The summed E-state index contributed by atoms with van der Waals surface area (Å²) in [5, 5.41) is 29.3. The summed E-state index contributed by atoms with van der Waals surface area (Å²) in [7, 11) is 0. The average Bonchev–Trinajstić information content (AvgIpc) is 2.35. The summed E-state index contributed by atoms with van der Waals surface area (Å²) >= 11 is 0. The quantitative estimate of drug-likeness (QED) is 0.477. The smallest absolute Gasteiger partial charge is 0.329 e. The molecule has 0 unspecified atom stereocenters. The lowest BCUT2D eigenvalue weighted by atomic mass is 9.93. The third-order valence-electron chi connectivity index (χ3n) is 2.99. The highest BCUT2D eigenvalue weighted by molar-refractivity contribution is 5.86. The van der Waals surface area contributed by atoms with Crippen molar-refractivity contribution in [2.24, 2.45) is 0 Å². The summed E-state index contributed by atoms with van der Waals surface area (Å²) in [5.41, 5.74) is -1.31. The molecule has 18 heavy (non-hydrogen) atoms. The minimum Gasteiger partial charge on any atom is -0.480 e. The maximum atomic E-state index is 11.9. The van der Waals surface area contributed by atoms with E-state index in [2.05, 4.69) is 5.32 Å². The highest BCUT2D eigenvalue weighted by Crippen LogP contribution is 2.15. The van der Waals surface area contributed by atoms with Crippen molar-refractivity contribution in [2.75, 3.05) is 26.3 Å². The maximum absolute atomic E-state index is 11.9. The number of carbonyl (C=O) groups is 2. The van der Waals surface area contributed by atoms with Crippen LogP contribution in [0, 0.1) is 0 Å². The summed E-state index contributed by atoms with van der Waals surface area (Å²) in [4.78, 5) is 24.3. The van der Waals surface area contributed by atoms with E-state index in [9.17, 15) is 14.7 Å². The summed E-state index contributed by atoms with van der Waals surface area (Å²) in [6.45, 7) is 2.98. The van der Waals surface area contributed by atoms with E-state index < -0.39 is 17.5 Å². The Balaban J connectivity index is 4.80. The van der Waals surface area contributed by atoms with Gasteiger partial charge in [-0.3, -0.25) is 0 Å². The van der Waals surface area contributed by atoms with Crippen molar-refractivity contribution >= 4 is 12.0 Å². The van der Waals surface area contributed by atoms with Crippen LogP contribution < -0.4 is 5.32 Å². The number of urea groups is 1. The SMILES string of the molecule is CCC(CC)(NC(=O)N(CCO)CCO)C(=O)O. The molecule has 0 fully saturated rings. The normalized spacial score (nSPS) is 11.1. The van der Waals surface area contributed by atoms with Crippen LogP contribution in [0.15, 0.2) is 0 Å². The average molecular weight is 262 g/mol. The van der Waals surface area contributed by atoms with Crippen LogP contribution in [0.4, 0.5) is 4.79 Å². The van der Waals surface area contributed by atoms with Gasteiger partial charge in [0.15, 0.2) is 0 Å². The van der Waals surface area contributed by atoms with E-state index in [1.165, 1.54) is 4.90 Å². The van der Waals surface area contributed by atoms with Gasteiger partial charge in [-0.25, -0.2) is 9.59 Å². The molecule has 0 saturated carbocycles. The van der Waals surface area contributed by atoms with Crippen molar-refractivity contribution in [1.82, 2.24) is 10.2 Å². The Kier molecular flexibility index (Phi) is 7.30. The summed E-state index contributed by atoms with van der Waals surface area (Å²) in [5.74, 6) is -1.09. The second-order valence-electron chi connectivity index (χ2n) is 3.96. The largest absolute Gasteiger partial charge is 0.480 e. The molecule has 0 atom stereocenters. The van der Waals surface area contributed by atoms with Gasteiger partial charge in [-0.2, -0.15) is 0 Å². The van der Waals surface area contributed by atoms with E-state index in [1.54, 1.807) is 13.8 Å². The monoisotopic (exact) mass is 262 g/mol. The summed E-state index contributed by atoms with van der Waals surface area (Å²) < 4.78 is 0. The van der Waals surface area contributed by atoms with Crippen LogP contribution in [-0.2, 0) is 4.79 Å². The Hall–Kier alpha value is -1.34. The molecule has 0 saturated heterocycles. The lowest BCUT2D eigenvalue weighted by molar-refractivity contribution is -0.144. The van der Waals surface area contributed by atoms with Gasteiger partial charge in [0.1, 0.15) is 5.54 Å². The second-order valence-corrected chi connectivity index (χ2v) is 3.96. The van der Waals surface area contributed by atoms with Crippen molar-refractivity contribution in [3.8, 4) is 0 Å². The number of carboxylic acid groups (broad SMARTS) is 1. The van der Waals surface area contributed by atoms with E-state index in [4.69, 9.17) is 10.2 Å². The number of rotatable bonds is 8. The first kappa shape index (κ1) is 16.7. The van der Waals surface area contributed by atoms with Gasteiger partial charge in [0.2, 0.25) is 0 Å². The summed E-state index contributed by atoms with van der Waals surface area (Å²) in [6, 6.07) is -0.593. The number of amides is 2. The van der Waals surface area contributed by atoms with Crippen LogP contribution in [0.2, 0.25) is 0 Å². The molecule has 0 spiro atoms. The molecule has 7 nitrogen and oxygen atoms in total. The molecule has 106 valence electrons. The van der Waals surface area contributed by atoms with E-state index in [1.807, 2.05) is 0 Å². The zero-order valence-corrected chi connectivity index (χ0v) is 10.8. The number of aliphatic hydroxyl groups is 2. The zero-order chi connectivity index (χ0) is 14.2. The van der Waals surface area contributed by atoms with Crippen molar-refractivity contribution in [2.45, 2.75) is 32.2 Å². The molecule has 0 heterocycles. The number of nitrogens with one attached hydrogen (secondary N) is 1. The van der Waals surface area contributed by atoms with Gasteiger partial charge in [0, 0.05) is 13.1 Å². The summed E-state index contributed by atoms with van der Waals surface area (Å²) in [6.07, 6.45) is 0.521. The van der Waals surface area contributed by atoms with Crippen molar-refractivity contribution < 1.29 is 24.9 Å². The van der Waals surface area contributed by atoms with Crippen molar-refractivity contribution in [3.05, 3.63) is 0 Å². The minimum absolute atomic E-state index is 0.0511. The van der Waals surface area contributed by atoms with Gasteiger partial charge in [-0.05, 0) is 12.8 Å². The molecule has 4 N–H and O–H groups in total. The fourth-order valence-electron chi connectivity index (χ4n) is 1.62.